The average Bonchev–Trinajstić information content (AvgIpc) is 2.94. The quantitative estimate of drug-likeness (QED) is 0.763. The Labute approximate surface area is 162 Å². The number of H-pyrrole nitrogens is 1. The molecule has 2 atom stereocenters. The Morgan fingerprint density at radius 1 is 1.33 bits per heavy atom. The number of ether oxygens (including phenoxy) is 1. The Bertz CT molecular complexity index is 909. The van der Waals surface area contributed by atoms with Crippen molar-refractivity contribution in [1.29, 1.82) is 0 Å². The van der Waals surface area contributed by atoms with E-state index in [0.29, 0.717) is 24.9 Å². The molecule has 1 N–H and O–H groups in total. The third-order valence-electron chi connectivity index (χ3n) is 5.38. The van der Waals surface area contributed by atoms with Crippen LogP contribution in [0.2, 0.25) is 5.15 Å². The fourth-order valence-corrected chi connectivity index (χ4v) is 4.35. The second kappa shape index (κ2) is 6.06. The average molecular weight is 395 g/mol. The van der Waals surface area contributed by atoms with E-state index >= 15 is 0 Å². The number of hydrogen-bond acceptors (Lipinski definition) is 4. The predicted molar refractivity (Wildman–Crippen MR) is 100 cm³/mol. The number of nitrogens with zero attached hydrogens (tertiary/aromatic N) is 3. The molecule has 1 amide bonds. The number of likely N-dealkylation sites (tertiary alicyclic amines) is 1. The lowest BCUT2D eigenvalue weighted by molar-refractivity contribution is 0.0271. The van der Waals surface area contributed by atoms with E-state index < -0.39 is 11.4 Å². The van der Waals surface area contributed by atoms with Gasteiger partial charge >= 0.3 is 6.09 Å². The number of fused-ring (bicyclic) bond motifs is 2. The number of hydrogen-bond donors (Lipinski definition) is 1. The van der Waals surface area contributed by atoms with Gasteiger partial charge in [-0.25, -0.2) is 14.2 Å². The molecule has 3 heterocycles. The predicted octanol–water partition coefficient (Wildman–Crippen LogP) is 4.45. The minimum absolute atomic E-state index is 0.0961. The third-order valence-corrected chi connectivity index (χ3v) is 5.63. The van der Waals surface area contributed by atoms with E-state index in [1.54, 1.807) is 4.90 Å². The zero-order valence-corrected chi connectivity index (χ0v) is 16.9. The minimum atomic E-state index is -0.584. The van der Waals surface area contributed by atoms with Crippen molar-refractivity contribution in [1.82, 2.24) is 20.1 Å². The van der Waals surface area contributed by atoms with E-state index in [0.717, 1.165) is 16.8 Å². The Morgan fingerprint density at radius 2 is 1.96 bits per heavy atom. The van der Waals surface area contributed by atoms with Crippen LogP contribution < -0.4 is 0 Å². The number of aromatic nitrogens is 3. The SMILES string of the molecule is CC(C)c1nc(Cl)c(F)c2n[nH]c(C3C4CN(C(=O)OC(C)(C)C)CC43)c12. The number of amides is 1. The molecule has 1 saturated heterocycles. The second-order valence-electron chi connectivity index (χ2n) is 8.86. The Morgan fingerprint density at radius 3 is 2.52 bits per heavy atom. The number of nitrogens with one attached hydrogen (secondary N) is 1. The molecule has 8 heteroatoms. The fourth-order valence-electron chi connectivity index (χ4n) is 4.17. The molecule has 27 heavy (non-hydrogen) atoms. The minimum Gasteiger partial charge on any atom is -0.444 e. The van der Waals surface area contributed by atoms with Gasteiger partial charge in [-0.3, -0.25) is 5.10 Å². The highest BCUT2D eigenvalue weighted by molar-refractivity contribution is 6.30. The van der Waals surface area contributed by atoms with Gasteiger partial charge in [0.05, 0.1) is 5.69 Å². The van der Waals surface area contributed by atoms with Gasteiger partial charge in [-0.15, -0.1) is 0 Å². The van der Waals surface area contributed by atoms with Crippen molar-refractivity contribution in [2.45, 2.75) is 52.1 Å². The molecular formula is C19H24ClFN4O2. The summed E-state index contributed by atoms with van der Waals surface area (Å²) in [5.74, 6) is 0.409. The highest BCUT2D eigenvalue weighted by Crippen LogP contribution is 2.59. The number of rotatable bonds is 2. The van der Waals surface area contributed by atoms with E-state index in [4.69, 9.17) is 16.3 Å². The summed E-state index contributed by atoms with van der Waals surface area (Å²) < 4.78 is 19.9. The monoisotopic (exact) mass is 394 g/mol. The summed E-state index contributed by atoms with van der Waals surface area (Å²) in [6, 6.07) is 0. The van der Waals surface area contributed by atoms with Crippen LogP contribution in [0.15, 0.2) is 0 Å². The molecule has 2 unspecified atom stereocenters. The van der Waals surface area contributed by atoms with Crippen LogP contribution in [-0.4, -0.2) is 44.9 Å². The van der Waals surface area contributed by atoms with Gasteiger partial charge in [-0.2, -0.15) is 5.10 Å². The van der Waals surface area contributed by atoms with Gasteiger partial charge in [0.1, 0.15) is 11.1 Å². The third kappa shape index (κ3) is 3.06. The van der Waals surface area contributed by atoms with Gasteiger partial charge in [0.15, 0.2) is 11.0 Å². The zero-order valence-electron chi connectivity index (χ0n) is 16.1. The molecule has 2 aliphatic rings. The van der Waals surface area contributed by atoms with Crippen LogP contribution in [0, 0.1) is 17.7 Å². The molecule has 6 nitrogen and oxygen atoms in total. The highest BCUT2D eigenvalue weighted by Gasteiger charge is 2.59. The van der Waals surface area contributed by atoms with Gasteiger partial charge in [0.25, 0.3) is 0 Å². The van der Waals surface area contributed by atoms with E-state index in [-0.39, 0.29) is 28.6 Å². The lowest BCUT2D eigenvalue weighted by atomic mass is 10.0. The molecule has 0 bridgehead atoms. The molecule has 2 aromatic rings. The van der Waals surface area contributed by atoms with Gasteiger partial charge in [0, 0.05) is 30.1 Å². The van der Waals surface area contributed by atoms with Crippen molar-refractivity contribution in [3.63, 3.8) is 0 Å². The fraction of sp³-hybridized carbons (Fsp3) is 0.632. The van der Waals surface area contributed by atoms with Crippen LogP contribution >= 0.6 is 11.6 Å². The van der Waals surface area contributed by atoms with Crippen molar-refractivity contribution in [2.75, 3.05) is 13.1 Å². The summed E-state index contributed by atoms with van der Waals surface area (Å²) in [7, 11) is 0. The molecule has 0 radical (unpaired) electrons. The summed E-state index contributed by atoms with van der Waals surface area (Å²) in [5.41, 5.74) is 1.42. The largest absolute Gasteiger partial charge is 0.444 e. The Kier molecular flexibility index (Phi) is 4.14. The number of carbonyl (C=O) groups is 1. The molecule has 0 spiro atoms. The van der Waals surface area contributed by atoms with Crippen LogP contribution in [0.5, 0.6) is 0 Å². The number of pyridine rings is 1. The van der Waals surface area contributed by atoms with Crippen LogP contribution in [-0.2, 0) is 4.74 Å². The van der Waals surface area contributed by atoms with Crippen molar-refractivity contribution in [3.8, 4) is 0 Å². The van der Waals surface area contributed by atoms with Gasteiger partial charge < -0.3 is 9.64 Å². The summed E-state index contributed by atoms with van der Waals surface area (Å²) >= 11 is 5.95. The summed E-state index contributed by atoms with van der Waals surface area (Å²) in [6.45, 7) is 10.9. The van der Waals surface area contributed by atoms with E-state index in [9.17, 15) is 9.18 Å². The molecule has 2 fully saturated rings. The molecule has 1 aliphatic heterocycles. The molecule has 0 aromatic carbocycles. The van der Waals surface area contributed by atoms with Crippen LogP contribution in [0.25, 0.3) is 10.9 Å². The van der Waals surface area contributed by atoms with Crippen molar-refractivity contribution in [2.24, 2.45) is 11.8 Å². The standard InChI is InChI=1S/C19H24ClFN4O2/c1-8(2)14-12-15(23-24-16(12)13(21)17(20)22-14)11-9-6-25(7-10(9)11)18(26)27-19(3,4)5/h8-11H,6-7H2,1-5H3,(H,23,24). The topological polar surface area (TPSA) is 71.1 Å². The second-order valence-corrected chi connectivity index (χ2v) is 9.21. The maximum atomic E-state index is 14.4. The Hall–Kier alpha value is -1.89. The molecule has 4 rings (SSSR count). The van der Waals surface area contributed by atoms with Gasteiger partial charge in [0.2, 0.25) is 0 Å². The first-order valence-electron chi connectivity index (χ1n) is 9.29. The first-order chi connectivity index (χ1) is 12.6. The number of carbonyl (C=O) groups excluding carboxylic acids is 1. The molecule has 2 aromatic heterocycles. The first kappa shape index (κ1) is 18.5. The van der Waals surface area contributed by atoms with Gasteiger partial charge in [-0.1, -0.05) is 25.4 Å². The molecule has 146 valence electrons. The lowest BCUT2D eigenvalue weighted by Gasteiger charge is -2.25. The number of piperidine rings is 1. The smallest absolute Gasteiger partial charge is 0.410 e. The summed E-state index contributed by atoms with van der Waals surface area (Å²) in [5, 5.41) is 7.81. The van der Waals surface area contributed by atoms with Crippen LogP contribution in [0.3, 0.4) is 0 Å². The van der Waals surface area contributed by atoms with Crippen molar-refractivity contribution < 1.29 is 13.9 Å². The maximum absolute atomic E-state index is 14.4. The lowest BCUT2D eigenvalue weighted by Crippen LogP contribution is -2.36. The van der Waals surface area contributed by atoms with Crippen molar-refractivity contribution in [3.05, 3.63) is 22.4 Å². The molecular weight excluding hydrogens is 371 g/mol. The molecule has 1 aliphatic carbocycles. The summed E-state index contributed by atoms with van der Waals surface area (Å²) in [6.07, 6.45) is -0.273. The van der Waals surface area contributed by atoms with Crippen molar-refractivity contribution >= 4 is 28.6 Å². The van der Waals surface area contributed by atoms with E-state index in [2.05, 4.69) is 15.2 Å². The maximum Gasteiger partial charge on any atom is 0.410 e. The Balaban J connectivity index is 1.59. The van der Waals surface area contributed by atoms with Crippen LogP contribution in [0.1, 0.15) is 57.8 Å². The number of aromatic amines is 1. The first-order valence-corrected chi connectivity index (χ1v) is 9.67. The normalized spacial score (nSPS) is 24.6. The zero-order chi connectivity index (χ0) is 19.7. The number of halogens is 2. The van der Waals surface area contributed by atoms with Crippen LogP contribution in [0.4, 0.5) is 9.18 Å². The highest BCUT2D eigenvalue weighted by atomic mass is 35.5. The summed E-state index contributed by atoms with van der Waals surface area (Å²) in [4.78, 5) is 18.3. The van der Waals surface area contributed by atoms with E-state index in [1.165, 1.54) is 0 Å². The van der Waals surface area contributed by atoms with Gasteiger partial charge in [-0.05, 0) is 38.5 Å². The molecule has 1 saturated carbocycles. The van der Waals surface area contributed by atoms with E-state index in [1.807, 2.05) is 34.6 Å².